The van der Waals surface area contributed by atoms with E-state index >= 15 is 0 Å². The van der Waals surface area contributed by atoms with Gasteiger partial charge in [-0.25, -0.2) is 0 Å². The summed E-state index contributed by atoms with van der Waals surface area (Å²) in [4.78, 5) is 0. The van der Waals surface area contributed by atoms with Crippen molar-refractivity contribution >= 4 is 11.0 Å². The number of furan rings is 1. The van der Waals surface area contributed by atoms with Gasteiger partial charge in [-0.05, 0) is 43.1 Å². The maximum Gasteiger partial charge on any atom is 0.133 e. The Kier molecular flexibility index (Phi) is 2.32. The Labute approximate surface area is 77.3 Å². The zero-order chi connectivity index (χ0) is 9.10. The molecule has 0 unspecified atom stereocenters. The van der Waals surface area contributed by atoms with Crippen LogP contribution in [0.1, 0.15) is 12.0 Å². The minimum Gasteiger partial charge on any atom is -0.464 e. The van der Waals surface area contributed by atoms with Gasteiger partial charge in [0.15, 0.2) is 0 Å². The first-order valence-corrected chi connectivity index (χ1v) is 4.56. The summed E-state index contributed by atoms with van der Waals surface area (Å²) < 4.78 is 5.25. The van der Waals surface area contributed by atoms with Crippen LogP contribution in [0, 0.1) is 0 Å². The van der Waals surface area contributed by atoms with Crippen molar-refractivity contribution in [2.24, 2.45) is 5.73 Å². The van der Waals surface area contributed by atoms with E-state index < -0.39 is 0 Å². The number of rotatable bonds is 3. The van der Waals surface area contributed by atoms with Gasteiger partial charge in [-0.3, -0.25) is 0 Å². The lowest BCUT2D eigenvalue weighted by Crippen LogP contribution is -1.99. The predicted octanol–water partition coefficient (Wildman–Crippen LogP) is 2.32. The van der Waals surface area contributed by atoms with Crippen molar-refractivity contribution in [3.8, 4) is 0 Å². The Morgan fingerprint density at radius 3 is 3.00 bits per heavy atom. The van der Waals surface area contributed by atoms with Crippen LogP contribution < -0.4 is 5.73 Å². The Balaban J connectivity index is 2.26. The van der Waals surface area contributed by atoms with E-state index in [1.807, 2.05) is 12.1 Å². The Bertz CT molecular complexity index is 392. The van der Waals surface area contributed by atoms with Crippen LogP contribution in [0.3, 0.4) is 0 Å². The van der Waals surface area contributed by atoms with Crippen molar-refractivity contribution in [3.63, 3.8) is 0 Å². The molecular formula is C11H13NO. The summed E-state index contributed by atoms with van der Waals surface area (Å²) in [5.74, 6) is 0. The molecule has 2 N–H and O–H groups in total. The van der Waals surface area contributed by atoms with Gasteiger partial charge < -0.3 is 10.2 Å². The highest BCUT2D eigenvalue weighted by molar-refractivity contribution is 5.77. The van der Waals surface area contributed by atoms with E-state index in [0.29, 0.717) is 0 Å². The molecule has 0 radical (unpaired) electrons. The highest BCUT2D eigenvalue weighted by Crippen LogP contribution is 2.17. The second-order valence-electron chi connectivity index (χ2n) is 3.19. The van der Waals surface area contributed by atoms with Crippen LogP contribution in [0.5, 0.6) is 0 Å². The van der Waals surface area contributed by atoms with Gasteiger partial charge >= 0.3 is 0 Å². The molecule has 0 aliphatic heterocycles. The van der Waals surface area contributed by atoms with Crippen LogP contribution in [0.2, 0.25) is 0 Å². The first kappa shape index (κ1) is 8.32. The van der Waals surface area contributed by atoms with E-state index in [0.717, 1.165) is 25.0 Å². The topological polar surface area (TPSA) is 39.2 Å². The molecule has 0 aliphatic rings. The summed E-state index contributed by atoms with van der Waals surface area (Å²) in [5.41, 5.74) is 7.74. The van der Waals surface area contributed by atoms with Crippen LogP contribution in [0.25, 0.3) is 11.0 Å². The minimum atomic E-state index is 0.753. The van der Waals surface area contributed by atoms with Crippen LogP contribution in [0.4, 0.5) is 0 Å². The normalized spacial score (nSPS) is 10.8. The fraction of sp³-hybridized carbons (Fsp3) is 0.273. The molecule has 13 heavy (non-hydrogen) atoms. The Morgan fingerprint density at radius 1 is 1.23 bits per heavy atom. The molecule has 0 spiro atoms. The summed E-state index contributed by atoms with van der Waals surface area (Å²) in [6.45, 7) is 0.753. The van der Waals surface area contributed by atoms with E-state index in [2.05, 4.69) is 12.1 Å². The van der Waals surface area contributed by atoms with Gasteiger partial charge in [0.2, 0.25) is 0 Å². The van der Waals surface area contributed by atoms with Gasteiger partial charge in [-0.1, -0.05) is 6.07 Å². The number of hydrogen-bond acceptors (Lipinski definition) is 2. The van der Waals surface area contributed by atoms with E-state index in [4.69, 9.17) is 10.2 Å². The number of aryl methyl sites for hydroxylation is 1. The maximum absolute atomic E-state index is 5.45. The summed E-state index contributed by atoms with van der Waals surface area (Å²) >= 11 is 0. The minimum absolute atomic E-state index is 0.753. The van der Waals surface area contributed by atoms with Crippen LogP contribution >= 0.6 is 0 Å². The summed E-state index contributed by atoms with van der Waals surface area (Å²) in [6.07, 6.45) is 3.82. The fourth-order valence-corrected chi connectivity index (χ4v) is 1.48. The first-order valence-electron chi connectivity index (χ1n) is 4.56. The SMILES string of the molecule is NCCCc1ccc2occc2c1. The van der Waals surface area contributed by atoms with Gasteiger partial charge in [0, 0.05) is 5.39 Å². The van der Waals surface area contributed by atoms with Crippen molar-refractivity contribution in [1.29, 1.82) is 0 Å². The highest BCUT2D eigenvalue weighted by Gasteiger charge is 1.97. The predicted molar refractivity (Wildman–Crippen MR) is 53.6 cm³/mol. The molecule has 2 aromatic rings. The quantitative estimate of drug-likeness (QED) is 0.777. The zero-order valence-electron chi connectivity index (χ0n) is 7.49. The standard InChI is InChI=1S/C11H13NO/c12-6-1-2-9-3-4-11-10(8-9)5-7-13-11/h3-5,7-8H,1-2,6,12H2. The third kappa shape index (κ3) is 1.73. The Hall–Kier alpha value is -1.28. The zero-order valence-corrected chi connectivity index (χ0v) is 7.49. The largest absolute Gasteiger partial charge is 0.464 e. The maximum atomic E-state index is 5.45. The van der Waals surface area contributed by atoms with Crippen molar-refractivity contribution < 1.29 is 4.42 Å². The second-order valence-corrected chi connectivity index (χ2v) is 3.19. The molecule has 0 saturated heterocycles. The number of fused-ring (bicyclic) bond motifs is 1. The molecule has 2 heteroatoms. The molecule has 0 saturated carbocycles. The number of nitrogens with two attached hydrogens (primary N) is 1. The van der Waals surface area contributed by atoms with E-state index in [9.17, 15) is 0 Å². The van der Waals surface area contributed by atoms with Crippen LogP contribution in [-0.2, 0) is 6.42 Å². The third-order valence-electron chi connectivity index (χ3n) is 2.19. The summed E-state index contributed by atoms with van der Waals surface area (Å²) in [7, 11) is 0. The molecule has 0 amide bonds. The van der Waals surface area contributed by atoms with E-state index in [-0.39, 0.29) is 0 Å². The molecule has 0 atom stereocenters. The lowest BCUT2D eigenvalue weighted by molar-refractivity contribution is 0.615. The Morgan fingerprint density at radius 2 is 2.15 bits per heavy atom. The average Bonchev–Trinajstić information content (AvgIpc) is 2.61. The molecule has 0 fully saturated rings. The molecular weight excluding hydrogens is 162 g/mol. The summed E-state index contributed by atoms with van der Waals surface area (Å²) in [5, 5.41) is 1.18. The third-order valence-corrected chi connectivity index (χ3v) is 2.19. The number of benzene rings is 1. The van der Waals surface area contributed by atoms with Gasteiger partial charge in [0.1, 0.15) is 5.58 Å². The molecule has 0 bridgehead atoms. The van der Waals surface area contributed by atoms with Crippen molar-refractivity contribution in [1.82, 2.24) is 0 Å². The molecule has 1 heterocycles. The molecule has 1 aromatic heterocycles. The second kappa shape index (κ2) is 3.62. The van der Waals surface area contributed by atoms with Gasteiger partial charge in [0.05, 0.1) is 6.26 Å². The van der Waals surface area contributed by atoms with E-state index in [1.165, 1.54) is 10.9 Å². The number of hydrogen-bond donors (Lipinski definition) is 1. The van der Waals surface area contributed by atoms with Crippen molar-refractivity contribution in [3.05, 3.63) is 36.1 Å². The van der Waals surface area contributed by atoms with Gasteiger partial charge in [-0.15, -0.1) is 0 Å². The lowest BCUT2D eigenvalue weighted by Gasteiger charge is -1.98. The van der Waals surface area contributed by atoms with Gasteiger partial charge in [-0.2, -0.15) is 0 Å². The highest BCUT2D eigenvalue weighted by atomic mass is 16.3. The van der Waals surface area contributed by atoms with Crippen molar-refractivity contribution in [2.45, 2.75) is 12.8 Å². The van der Waals surface area contributed by atoms with E-state index in [1.54, 1.807) is 6.26 Å². The van der Waals surface area contributed by atoms with Crippen LogP contribution in [-0.4, -0.2) is 6.54 Å². The average molecular weight is 175 g/mol. The first-order chi connectivity index (χ1) is 6.40. The molecule has 0 aliphatic carbocycles. The summed E-state index contributed by atoms with van der Waals surface area (Å²) in [6, 6.07) is 8.26. The fourth-order valence-electron chi connectivity index (χ4n) is 1.48. The molecule has 2 rings (SSSR count). The molecule has 2 nitrogen and oxygen atoms in total. The van der Waals surface area contributed by atoms with Crippen molar-refractivity contribution in [2.75, 3.05) is 6.54 Å². The van der Waals surface area contributed by atoms with Crippen LogP contribution in [0.15, 0.2) is 34.9 Å². The molecule has 1 aromatic carbocycles. The monoisotopic (exact) mass is 175 g/mol. The molecule has 68 valence electrons. The van der Waals surface area contributed by atoms with Gasteiger partial charge in [0.25, 0.3) is 0 Å². The smallest absolute Gasteiger partial charge is 0.133 e. The lowest BCUT2D eigenvalue weighted by atomic mass is 10.1.